The number of ether oxygens (including phenoxy) is 1. The summed E-state index contributed by atoms with van der Waals surface area (Å²) in [5.41, 5.74) is 3.13. The van der Waals surface area contributed by atoms with Crippen molar-refractivity contribution < 1.29 is 4.74 Å². The molecule has 0 bridgehead atoms. The highest BCUT2D eigenvalue weighted by Gasteiger charge is 2.24. The molecule has 0 atom stereocenters. The molecule has 1 aliphatic heterocycles. The Morgan fingerprint density at radius 3 is 2.21 bits per heavy atom. The maximum atomic E-state index is 6.65. The van der Waals surface area contributed by atoms with E-state index in [1.54, 1.807) is 31.0 Å². The molecule has 0 spiro atoms. The van der Waals surface area contributed by atoms with Crippen LogP contribution in [0.3, 0.4) is 0 Å². The van der Waals surface area contributed by atoms with Crippen LogP contribution in [-0.4, -0.2) is 39.9 Å². The van der Waals surface area contributed by atoms with E-state index in [4.69, 9.17) is 51.1 Å². The first-order chi connectivity index (χ1) is 18.4. The zero-order valence-electron chi connectivity index (χ0n) is 20.7. The van der Waals surface area contributed by atoms with Gasteiger partial charge in [-0.25, -0.2) is 0 Å². The Kier molecular flexibility index (Phi) is 9.09. The summed E-state index contributed by atoms with van der Waals surface area (Å²) in [6.07, 6.45) is 2.16. The van der Waals surface area contributed by atoms with E-state index in [0.29, 0.717) is 38.3 Å². The fraction of sp³-hybridized carbons (Fsp3) is 0.286. The smallest absolute Gasteiger partial charge is 0.196 e. The molecule has 2 heterocycles. The topological polar surface area (TPSA) is 43.2 Å². The minimum Gasteiger partial charge on any atom is -0.497 e. The highest BCUT2D eigenvalue weighted by Crippen LogP contribution is 2.34. The second-order valence-electron chi connectivity index (χ2n) is 9.18. The molecule has 0 radical (unpaired) electrons. The van der Waals surface area contributed by atoms with Crippen molar-refractivity contribution in [3.63, 3.8) is 0 Å². The van der Waals surface area contributed by atoms with Gasteiger partial charge in [-0.05, 0) is 85.4 Å². The highest BCUT2D eigenvalue weighted by atomic mass is 35.5. The number of benzene rings is 3. The van der Waals surface area contributed by atoms with Crippen LogP contribution >= 0.6 is 58.2 Å². The summed E-state index contributed by atoms with van der Waals surface area (Å²) in [5.74, 6) is 2.88. The van der Waals surface area contributed by atoms with Crippen LogP contribution in [0.15, 0.2) is 65.8 Å². The molecular weight excluding hydrogens is 582 g/mol. The molecule has 5 nitrogen and oxygen atoms in total. The third-order valence-corrected chi connectivity index (χ3v) is 8.87. The van der Waals surface area contributed by atoms with Crippen molar-refractivity contribution in [2.24, 2.45) is 0 Å². The number of nitrogens with zero attached hydrogens (tertiary/aromatic N) is 4. The normalized spacial score (nSPS) is 14.7. The van der Waals surface area contributed by atoms with Crippen LogP contribution in [0.25, 0.3) is 5.69 Å². The van der Waals surface area contributed by atoms with Crippen LogP contribution in [-0.2, 0) is 12.3 Å². The van der Waals surface area contributed by atoms with Gasteiger partial charge in [0.15, 0.2) is 11.0 Å². The van der Waals surface area contributed by atoms with Gasteiger partial charge in [-0.1, -0.05) is 76.4 Å². The molecule has 1 saturated heterocycles. The van der Waals surface area contributed by atoms with Crippen molar-refractivity contribution in [2.45, 2.75) is 36.2 Å². The van der Waals surface area contributed by atoms with E-state index in [1.807, 2.05) is 41.0 Å². The lowest BCUT2D eigenvalue weighted by molar-refractivity contribution is 0.199. The zero-order valence-corrected chi connectivity index (χ0v) is 24.6. The average Bonchev–Trinajstić information content (AvgIpc) is 3.30. The first kappa shape index (κ1) is 27.6. The van der Waals surface area contributed by atoms with Gasteiger partial charge in [0.05, 0.1) is 24.4 Å². The minimum absolute atomic E-state index is 0.538. The van der Waals surface area contributed by atoms with Gasteiger partial charge in [0.25, 0.3) is 0 Å². The van der Waals surface area contributed by atoms with Gasteiger partial charge in [-0.2, -0.15) is 0 Å². The fourth-order valence-electron chi connectivity index (χ4n) is 4.68. The molecule has 0 saturated carbocycles. The van der Waals surface area contributed by atoms with E-state index >= 15 is 0 Å². The highest BCUT2D eigenvalue weighted by molar-refractivity contribution is 7.98. The summed E-state index contributed by atoms with van der Waals surface area (Å²) in [6, 6.07) is 19.4. The Morgan fingerprint density at radius 2 is 1.55 bits per heavy atom. The lowest BCUT2D eigenvalue weighted by Gasteiger charge is -2.32. The standard InChI is InChI=1S/C28H26Cl4N4OS/c1-37-23-7-3-18(4-8-23)19-10-12-35(13-11-19)16-27-33-34-28(36(27)26-9-6-22(30)15-25(26)32)38-17-20-2-5-21(29)14-24(20)31/h2-9,14-15,19H,10-13,16-17H2,1H3. The monoisotopic (exact) mass is 606 g/mol. The van der Waals surface area contributed by atoms with Crippen molar-refractivity contribution in [1.82, 2.24) is 19.7 Å². The molecule has 1 fully saturated rings. The number of methoxy groups -OCH3 is 1. The number of halogens is 4. The molecule has 198 valence electrons. The van der Waals surface area contributed by atoms with E-state index in [0.717, 1.165) is 53.9 Å². The van der Waals surface area contributed by atoms with E-state index < -0.39 is 0 Å². The maximum Gasteiger partial charge on any atom is 0.196 e. The van der Waals surface area contributed by atoms with Gasteiger partial charge in [0.1, 0.15) is 5.75 Å². The van der Waals surface area contributed by atoms with Gasteiger partial charge < -0.3 is 4.74 Å². The van der Waals surface area contributed by atoms with E-state index in [-0.39, 0.29) is 0 Å². The molecule has 4 aromatic rings. The molecule has 1 aromatic heterocycles. The minimum atomic E-state index is 0.538. The number of aromatic nitrogens is 3. The number of rotatable bonds is 8. The number of hydrogen-bond donors (Lipinski definition) is 0. The number of piperidine rings is 1. The first-order valence-corrected chi connectivity index (χ1v) is 14.7. The van der Waals surface area contributed by atoms with Crippen LogP contribution in [0.1, 0.15) is 35.7 Å². The summed E-state index contributed by atoms with van der Waals surface area (Å²) < 4.78 is 7.33. The second-order valence-corrected chi connectivity index (χ2v) is 11.8. The molecule has 38 heavy (non-hydrogen) atoms. The van der Waals surface area contributed by atoms with Crippen molar-refractivity contribution in [2.75, 3.05) is 20.2 Å². The summed E-state index contributed by atoms with van der Waals surface area (Å²) >= 11 is 26.9. The summed E-state index contributed by atoms with van der Waals surface area (Å²) in [7, 11) is 1.69. The van der Waals surface area contributed by atoms with Crippen molar-refractivity contribution in [1.29, 1.82) is 0 Å². The van der Waals surface area contributed by atoms with Crippen molar-refractivity contribution in [3.8, 4) is 11.4 Å². The largest absolute Gasteiger partial charge is 0.497 e. The third kappa shape index (κ3) is 6.44. The summed E-state index contributed by atoms with van der Waals surface area (Å²) in [6.45, 7) is 2.62. The van der Waals surface area contributed by atoms with Gasteiger partial charge in [-0.15, -0.1) is 10.2 Å². The Morgan fingerprint density at radius 1 is 0.868 bits per heavy atom. The Bertz CT molecular complexity index is 1400. The predicted octanol–water partition coefficient (Wildman–Crippen LogP) is 8.56. The second kappa shape index (κ2) is 12.5. The van der Waals surface area contributed by atoms with Crippen LogP contribution < -0.4 is 4.74 Å². The molecule has 10 heteroatoms. The average molecular weight is 608 g/mol. The van der Waals surface area contributed by atoms with E-state index in [9.17, 15) is 0 Å². The fourth-order valence-corrected chi connectivity index (χ4v) is 6.70. The number of thioether (sulfide) groups is 1. The first-order valence-electron chi connectivity index (χ1n) is 12.2. The predicted molar refractivity (Wildman–Crippen MR) is 158 cm³/mol. The van der Waals surface area contributed by atoms with Crippen LogP contribution in [0.4, 0.5) is 0 Å². The number of likely N-dealkylation sites (tertiary alicyclic amines) is 1. The molecule has 5 rings (SSSR count). The van der Waals surface area contributed by atoms with Crippen LogP contribution in [0, 0.1) is 0 Å². The molecule has 0 amide bonds. The molecule has 0 unspecified atom stereocenters. The molecule has 3 aromatic carbocycles. The molecule has 1 aliphatic rings. The third-order valence-electron chi connectivity index (χ3n) is 6.76. The summed E-state index contributed by atoms with van der Waals surface area (Å²) in [5, 5.41) is 12.2. The SMILES string of the molecule is COc1ccc(C2CCN(Cc3nnc(SCc4ccc(Cl)cc4Cl)n3-c3ccc(Cl)cc3Cl)CC2)cc1. The molecule has 0 aliphatic carbocycles. The van der Waals surface area contributed by atoms with Gasteiger partial charge in [-0.3, -0.25) is 9.47 Å². The summed E-state index contributed by atoms with van der Waals surface area (Å²) in [4.78, 5) is 2.43. The van der Waals surface area contributed by atoms with Gasteiger partial charge in [0.2, 0.25) is 0 Å². The van der Waals surface area contributed by atoms with Gasteiger partial charge >= 0.3 is 0 Å². The molecule has 0 N–H and O–H groups in total. The van der Waals surface area contributed by atoms with Crippen molar-refractivity contribution in [3.05, 3.63) is 97.7 Å². The lowest BCUT2D eigenvalue weighted by atomic mass is 9.89. The molecular formula is C28H26Cl4N4OS. The van der Waals surface area contributed by atoms with E-state index in [1.165, 1.54) is 5.56 Å². The number of hydrogen-bond acceptors (Lipinski definition) is 5. The van der Waals surface area contributed by atoms with E-state index in [2.05, 4.69) is 27.2 Å². The van der Waals surface area contributed by atoms with Crippen LogP contribution in [0.5, 0.6) is 5.75 Å². The lowest BCUT2D eigenvalue weighted by Crippen LogP contribution is -2.33. The van der Waals surface area contributed by atoms with Gasteiger partial charge in [0, 0.05) is 20.8 Å². The Labute approximate surface area is 247 Å². The maximum absolute atomic E-state index is 6.65. The van der Waals surface area contributed by atoms with Crippen molar-refractivity contribution >= 4 is 58.2 Å². The Balaban J connectivity index is 1.34. The zero-order chi connectivity index (χ0) is 26.6. The Hall–Kier alpha value is -1.93. The quantitative estimate of drug-likeness (QED) is 0.188. The van der Waals surface area contributed by atoms with Crippen LogP contribution in [0.2, 0.25) is 20.1 Å².